The minimum Gasteiger partial charge on any atom is -0.493 e. The number of fused-ring (bicyclic) bond motifs is 1. The Morgan fingerprint density at radius 3 is 2.40 bits per heavy atom. The van der Waals surface area contributed by atoms with Crippen molar-refractivity contribution in [1.29, 1.82) is 0 Å². The summed E-state index contributed by atoms with van der Waals surface area (Å²) in [6, 6.07) is 13.7. The summed E-state index contributed by atoms with van der Waals surface area (Å²) in [5, 5.41) is 0. The Kier molecular flexibility index (Phi) is 5.03. The molecule has 0 radical (unpaired) electrons. The van der Waals surface area contributed by atoms with E-state index in [1.54, 1.807) is 19.1 Å². The Balaban J connectivity index is 2.24. The Morgan fingerprint density at radius 2 is 1.76 bits per heavy atom. The first kappa shape index (κ1) is 17.0. The average Bonchev–Trinajstić information content (AvgIpc) is 2.78. The third-order valence-electron chi connectivity index (χ3n) is 4.22. The largest absolute Gasteiger partial charge is 0.493 e. The van der Waals surface area contributed by atoms with Crippen molar-refractivity contribution in [3.63, 3.8) is 0 Å². The van der Waals surface area contributed by atoms with Gasteiger partial charge in [0.2, 0.25) is 5.91 Å². The molecular weight excluding hydrogens is 316 g/mol. The standard InChI is InChI=1S/C20H22N2O3/c1-4-10-22-16-12-18(25-3)17(24-2)11-15(16)20(21-13-19(22)23)14-8-6-5-7-9-14/h5-9,11-12H,4,10,13H2,1-3H3. The minimum absolute atomic E-state index is 0.0127. The number of benzodiazepines with no additional fused rings is 1. The highest BCUT2D eigenvalue weighted by Gasteiger charge is 2.26. The summed E-state index contributed by atoms with van der Waals surface area (Å²) in [7, 11) is 3.20. The molecule has 0 N–H and O–H groups in total. The lowest BCUT2D eigenvalue weighted by Gasteiger charge is -2.24. The lowest BCUT2D eigenvalue weighted by molar-refractivity contribution is -0.117. The lowest BCUT2D eigenvalue weighted by atomic mass is 9.99. The molecule has 1 aliphatic heterocycles. The van der Waals surface area contributed by atoms with Gasteiger partial charge in [-0.25, -0.2) is 0 Å². The summed E-state index contributed by atoms with van der Waals surface area (Å²) in [5.74, 6) is 1.21. The fraction of sp³-hybridized carbons (Fsp3) is 0.300. The predicted molar refractivity (Wildman–Crippen MR) is 99.1 cm³/mol. The first-order valence-electron chi connectivity index (χ1n) is 8.36. The Labute approximate surface area is 147 Å². The maximum Gasteiger partial charge on any atom is 0.248 e. The number of amides is 1. The molecule has 0 unspecified atom stereocenters. The Hall–Kier alpha value is -2.82. The monoisotopic (exact) mass is 338 g/mol. The molecular formula is C20H22N2O3. The van der Waals surface area contributed by atoms with Crippen LogP contribution >= 0.6 is 0 Å². The highest BCUT2D eigenvalue weighted by molar-refractivity contribution is 6.20. The van der Waals surface area contributed by atoms with Crippen LogP contribution in [0.25, 0.3) is 0 Å². The van der Waals surface area contributed by atoms with E-state index in [4.69, 9.17) is 9.47 Å². The molecule has 1 heterocycles. The van der Waals surface area contributed by atoms with Gasteiger partial charge in [-0.1, -0.05) is 37.3 Å². The zero-order chi connectivity index (χ0) is 17.8. The van der Waals surface area contributed by atoms with E-state index in [1.807, 2.05) is 42.5 Å². The topological polar surface area (TPSA) is 51.1 Å². The van der Waals surface area contributed by atoms with Crippen LogP contribution in [0.3, 0.4) is 0 Å². The molecule has 0 spiro atoms. The fourth-order valence-corrected chi connectivity index (χ4v) is 3.04. The third kappa shape index (κ3) is 3.22. The van der Waals surface area contributed by atoms with Crippen LogP contribution in [0.15, 0.2) is 47.5 Å². The Bertz CT molecular complexity index is 800. The first-order chi connectivity index (χ1) is 12.2. The van der Waals surface area contributed by atoms with Crippen molar-refractivity contribution in [1.82, 2.24) is 0 Å². The van der Waals surface area contributed by atoms with Crippen molar-refractivity contribution in [3.8, 4) is 11.5 Å². The summed E-state index contributed by atoms with van der Waals surface area (Å²) in [5.41, 5.74) is 3.46. The molecule has 0 aliphatic carbocycles. The predicted octanol–water partition coefficient (Wildman–Crippen LogP) is 3.30. The first-order valence-corrected chi connectivity index (χ1v) is 8.36. The van der Waals surface area contributed by atoms with Crippen LogP contribution in [-0.2, 0) is 4.79 Å². The molecule has 5 heteroatoms. The van der Waals surface area contributed by atoms with E-state index in [0.29, 0.717) is 18.0 Å². The van der Waals surface area contributed by atoms with Gasteiger partial charge < -0.3 is 14.4 Å². The smallest absolute Gasteiger partial charge is 0.248 e. The van der Waals surface area contributed by atoms with Gasteiger partial charge in [0.15, 0.2) is 11.5 Å². The van der Waals surface area contributed by atoms with E-state index < -0.39 is 0 Å². The summed E-state index contributed by atoms with van der Waals surface area (Å²) in [6.07, 6.45) is 0.861. The number of aliphatic imine (C=N–C) groups is 1. The molecule has 0 aromatic heterocycles. The maximum atomic E-state index is 12.6. The van der Waals surface area contributed by atoms with Crippen LogP contribution in [0, 0.1) is 0 Å². The van der Waals surface area contributed by atoms with Crippen molar-refractivity contribution in [2.75, 3.05) is 32.2 Å². The third-order valence-corrected chi connectivity index (χ3v) is 4.22. The van der Waals surface area contributed by atoms with Gasteiger partial charge >= 0.3 is 0 Å². The Morgan fingerprint density at radius 1 is 1.08 bits per heavy atom. The maximum absolute atomic E-state index is 12.6. The van der Waals surface area contributed by atoms with Crippen molar-refractivity contribution >= 4 is 17.3 Å². The van der Waals surface area contributed by atoms with Crippen molar-refractivity contribution in [2.45, 2.75) is 13.3 Å². The zero-order valence-electron chi connectivity index (χ0n) is 14.8. The number of nitrogens with zero attached hydrogens (tertiary/aromatic N) is 2. The quantitative estimate of drug-likeness (QED) is 0.840. The van der Waals surface area contributed by atoms with E-state index in [-0.39, 0.29) is 12.5 Å². The van der Waals surface area contributed by atoms with Crippen LogP contribution in [0.4, 0.5) is 5.69 Å². The lowest BCUT2D eigenvalue weighted by Crippen LogP contribution is -2.33. The molecule has 2 aromatic rings. The van der Waals surface area contributed by atoms with E-state index in [1.165, 1.54) is 0 Å². The van der Waals surface area contributed by atoms with Crippen molar-refractivity contribution in [3.05, 3.63) is 53.6 Å². The van der Waals surface area contributed by atoms with E-state index >= 15 is 0 Å². The number of rotatable bonds is 5. The van der Waals surface area contributed by atoms with Gasteiger partial charge in [0, 0.05) is 23.7 Å². The van der Waals surface area contributed by atoms with Gasteiger partial charge in [-0.3, -0.25) is 9.79 Å². The SMILES string of the molecule is CCCN1C(=O)CN=C(c2ccccc2)c2cc(OC)c(OC)cc21. The van der Waals surface area contributed by atoms with Gasteiger partial charge in [-0.2, -0.15) is 0 Å². The van der Waals surface area contributed by atoms with Gasteiger partial charge in [0.1, 0.15) is 6.54 Å². The van der Waals surface area contributed by atoms with Gasteiger partial charge in [0.05, 0.1) is 25.6 Å². The van der Waals surface area contributed by atoms with Crippen LogP contribution < -0.4 is 14.4 Å². The summed E-state index contributed by atoms with van der Waals surface area (Å²) in [4.78, 5) is 19.0. The van der Waals surface area contributed by atoms with E-state index in [0.717, 1.165) is 28.9 Å². The number of anilines is 1. The highest BCUT2D eigenvalue weighted by Crippen LogP contribution is 2.37. The molecule has 0 atom stereocenters. The molecule has 5 nitrogen and oxygen atoms in total. The van der Waals surface area contributed by atoms with Crippen LogP contribution in [-0.4, -0.2) is 38.9 Å². The molecule has 1 aliphatic rings. The second kappa shape index (κ2) is 7.38. The number of methoxy groups -OCH3 is 2. The highest BCUT2D eigenvalue weighted by atomic mass is 16.5. The van der Waals surface area contributed by atoms with Gasteiger partial charge in [-0.05, 0) is 12.5 Å². The molecule has 0 saturated heterocycles. The molecule has 25 heavy (non-hydrogen) atoms. The van der Waals surface area contributed by atoms with Crippen LogP contribution in [0.2, 0.25) is 0 Å². The average molecular weight is 338 g/mol. The molecule has 0 saturated carbocycles. The molecule has 3 rings (SSSR count). The number of hydrogen-bond donors (Lipinski definition) is 0. The number of carbonyl (C=O) groups is 1. The normalized spacial score (nSPS) is 13.8. The second-order valence-electron chi connectivity index (χ2n) is 5.80. The minimum atomic E-state index is -0.0127. The van der Waals surface area contributed by atoms with Crippen molar-refractivity contribution in [2.24, 2.45) is 4.99 Å². The zero-order valence-corrected chi connectivity index (χ0v) is 14.8. The molecule has 1 amide bonds. The molecule has 2 aromatic carbocycles. The molecule has 0 fully saturated rings. The van der Waals surface area contributed by atoms with Crippen LogP contribution in [0.5, 0.6) is 11.5 Å². The summed E-state index contributed by atoms with van der Waals surface area (Å²) < 4.78 is 10.9. The molecule has 130 valence electrons. The number of benzene rings is 2. The van der Waals surface area contributed by atoms with Crippen molar-refractivity contribution < 1.29 is 14.3 Å². The summed E-state index contributed by atoms with van der Waals surface area (Å²) in [6.45, 7) is 2.82. The van der Waals surface area contributed by atoms with Gasteiger partial charge in [-0.15, -0.1) is 0 Å². The summed E-state index contributed by atoms with van der Waals surface area (Å²) >= 11 is 0. The van der Waals surface area contributed by atoms with Crippen LogP contribution in [0.1, 0.15) is 24.5 Å². The molecule has 0 bridgehead atoms. The number of carbonyl (C=O) groups excluding carboxylic acids is 1. The number of hydrogen-bond acceptors (Lipinski definition) is 4. The number of ether oxygens (including phenoxy) is 2. The fourth-order valence-electron chi connectivity index (χ4n) is 3.04. The second-order valence-corrected chi connectivity index (χ2v) is 5.80. The van der Waals surface area contributed by atoms with E-state index in [9.17, 15) is 4.79 Å². The van der Waals surface area contributed by atoms with E-state index in [2.05, 4.69) is 11.9 Å². The van der Waals surface area contributed by atoms with Gasteiger partial charge in [0.25, 0.3) is 0 Å².